The van der Waals surface area contributed by atoms with Crippen molar-refractivity contribution in [1.29, 1.82) is 0 Å². The molecule has 1 fully saturated rings. The Morgan fingerprint density at radius 3 is 2.48 bits per heavy atom. The van der Waals surface area contributed by atoms with Crippen LogP contribution in [-0.4, -0.2) is 28.9 Å². The first-order valence-electron chi connectivity index (χ1n) is 7.33. The van der Waals surface area contributed by atoms with Crippen LogP contribution in [0.2, 0.25) is 0 Å². The van der Waals surface area contributed by atoms with Crippen LogP contribution in [0.15, 0.2) is 67.5 Å². The maximum atomic E-state index is 13.4. The van der Waals surface area contributed by atoms with E-state index in [0.717, 1.165) is 13.1 Å². The average molecular weight is 304 g/mol. The fourth-order valence-electron chi connectivity index (χ4n) is 2.54. The van der Waals surface area contributed by atoms with Gasteiger partial charge in [0.1, 0.15) is 16.4 Å². The third-order valence-corrected chi connectivity index (χ3v) is 5.89. The normalized spacial score (nSPS) is 19.0. The Hall–Kier alpha value is -1.59. The van der Waals surface area contributed by atoms with Gasteiger partial charge in [0.05, 0.1) is 11.2 Å². The van der Waals surface area contributed by atoms with E-state index in [9.17, 15) is 4.21 Å². The topological polar surface area (TPSA) is 45.8 Å². The molecule has 0 aliphatic carbocycles. The lowest BCUT2D eigenvalue weighted by molar-refractivity contribution is 0.236. The zero-order chi connectivity index (χ0) is 14.5. The van der Waals surface area contributed by atoms with Gasteiger partial charge >= 0.3 is 0 Å². The van der Waals surface area contributed by atoms with Crippen molar-refractivity contribution in [1.82, 2.24) is 4.90 Å². The molecule has 3 rings (SSSR count). The minimum atomic E-state index is -2.69. The van der Waals surface area contributed by atoms with Gasteiger partial charge in [0, 0.05) is 0 Å². The smallest absolute Gasteiger partial charge is 0.203 e. The molecule has 0 N–H and O–H groups in total. The molecule has 1 aromatic carbocycles. The van der Waals surface area contributed by atoms with Gasteiger partial charge in [0.15, 0.2) is 0 Å². The molecule has 0 bridgehead atoms. The molecule has 2 aromatic rings. The standard InChI is InChI=1S/C16H20N2O2S/c19-21(16-10-7-13-20-16,15-8-3-1-4-9-15)17-14-18-11-5-2-6-12-18/h1,3-4,7-10,13H,2,5-6,11-12,14H2. The molecule has 1 aromatic heterocycles. The molecule has 1 saturated heterocycles. The van der Waals surface area contributed by atoms with Crippen molar-refractivity contribution in [3.8, 4) is 0 Å². The predicted molar refractivity (Wildman–Crippen MR) is 82.5 cm³/mol. The highest BCUT2D eigenvalue weighted by Crippen LogP contribution is 2.24. The Morgan fingerprint density at radius 1 is 1.05 bits per heavy atom. The average Bonchev–Trinajstić information content (AvgIpc) is 3.09. The van der Waals surface area contributed by atoms with Crippen molar-refractivity contribution in [3.63, 3.8) is 0 Å². The Balaban J connectivity index is 1.95. The van der Waals surface area contributed by atoms with E-state index in [4.69, 9.17) is 4.42 Å². The number of benzene rings is 1. The van der Waals surface area contributed by atoms with Gasteiger partial charge in [0.25, 0.3) is 0 Å². The summed E-state index contributed by atoms with van der Waals surface area (Å²) in [5.41, 5.74) is 0. The van der Waals surface area contributed by atoms with E-state index in [1.54, 1.807) is 18.4 Å². The molecule has 1 aliphatic rings. The molecule has 1 aliphatic heterocycles. The predicted octanol–water partition coefficient (Wildman–Crippen LogP) is 3.61. The quantitative estimate of drug-likeness (QED) is 0.867. The molecule has 5 heteroatoms. The highest BCUT2D eigenvalue weighted by molar-refractivity contribution is 7.93. The number of furan rings is 1. The zero-order valence-corrected chi connectivity index (χ0v) is 12.8. The van der Waals surface area contributed by atoms with E-state index in [0.29, 0.717) is 16.7 Å². The Morgan fingerprint density at radius 2 is 1.81 bits per heavy atom. The third-order valence-electron chi connectivity index (χ3n) is 3.72. The molecule has 0 radical (unpaired) electrons. The van der Waals surface area contributed by atoms with Crippen LogP contribution >= 0.6 is 0 Å². The van der Waals surface area contributed by atoms with Crippen molar-refractivity contribution in [3.05, 3.63) is 48.7 Å². The lowest BCUT2D eigenvalue weighted by atomic mass is 10.1. The van der Waals surface area contributed by atoms with Crippen molar-refractivity contribution in [2.24, 2.45) is 4.36 Å². The first-order valence-corrected chi connectivity index (χ1v) is 8.84. The first-order chi connectivity index (χ1) is 10.3. The Bertz CT molecular complexity index is 668. The van der Waals surface area contributed by atoms with Crippen LogP contribution in [0.3, 0.4) is 0 Å². The summed E-state index contributed by atoms with van der Waals surface area (Å²) in [6, 6.07) is 12.9. The lowest BCUT2D eigenvalue weighted by Gasteiger charge is -2.24. The van der Waals surface area contributed by atoms with Gasteiger partial charge in [-0.2, -0.15) is 0 Å². The molecule has 2 heterocycles. The second-order valence-electron chi connectivity index (χ2n) is 5.22. The Kier molecular flexibility index (Phi) is 4.41. The summed E-state index contributed by atoms with van der Waals surface area (Å²) >= 11 is 0. The monoisotopic (exact) mass is 304 g/mol. The van der Waals surface area contributed by atoms with E-state index in [2.05, 4.69) is 9.26 Å². The number of hydrogen-bond donors (Lipinski definition) is 0. The van der Waals surface area contributed by atoms with Crippen molar-refractivity contribution in [2.45, 2.75) is 29.3 Å². The van der Waals surface area contributed by atoms with Gasteiger partial charge < -0.3 is 4.42 Å². The van der Waals surface area contributed by atoms with Crippen molar-refractivity contribution >= 4 is 9.73 Å². The van der Waals surface area contributed by atoms with Crippen LogP contribution in [0, 0.1) is 0 Å². The number of likely N-dealkylation sites (tertiary alicyclic amines) is 1. The molecule has 0 spiro atoms. The minimum Gasteiger partial charge on any atom is -0.454 e. The van der Waals surface area contributed by atoms with Gasteiger partial charge in [-0.1, -0.05) is 24.6 Å². The van der Waals surface area contributed by atoms with Crippen molar-refractivity contribution in [2.75, 3.05) is 19.8 Å². The summed E-state index contributed by atoms with van der Waals surface area (Å²) in [4.78, 5) is 2.96. The second kappa shape index (κ2) is 6.45. The van der Waals surface area contributed by atoms with E-state index < -0.39 is 9.73 Å². The summed E-state index contributed by atoms with van der Waals surface area (Å²) in [7, 11) is -2.69. The van der Waals surface area contributed by atoms with Crippen LogP contribution < -0.4 is 0 Å². The zero-order valence-electron chi connectivity index (χ0n) is 12.0. The van der Waals surface area contributed by atoms with Gasteiger partial charge in [-0.3, -0.25) is 4.90 Å². The number of rotatable bonds is 4. The van der Waals surface area contributed by atoms with Crippen LogP contribution in [0.1, 0.15) is 19.3 Å². The second-order valence-corrected chi connectivity index (χ2v) is 7.40. The van der Waals surface area contributed by atoms with E-state index in [1.807, 2.05) is 30.3 Å². The van der Waals surface area contributed by atoms with Crippen LogP contribution in [0.5, 0.6) is 0 Å². The fourth-order valence-corrected chi connectivity index (χ4v) is 4.35. The largest absolute Gasteiger partial charge is 0.454 e. The molecule has 21 heavy (non-hydrogen) atoms. The van der Waals surface area contributed by atoms with E-state index in [1.165, 1.54) is 19.3 Å². The molecule has 1 unspecified atom stereocenters. The minimum absolute atomic E-state index is 0.436. The third kappa shape index (κ3) is 3.19. The number of piperidine rings is 1. The first kappa shape index (κ1) is 14.4. The summed E-state index contributed by atoms with van der Waals surface area (Å²) in [5, 5.41) is 0.436. The summed E-state index contributed by atoms with van der Waals surface area (Å²) in [6.45, 7) is 2.56. The maximum absolute atomic E-state index is 13.4. The highest BCUT2D eigenvalue weighted by atomic mass is 32.2. The van der Waals surface area contributed by atoms with Gasteiger partial charge in [-0.15, -0.1) is 0 Å². The number of hydrogen-bond acceptors (Lipinski definition) is 4. The summed E-state index contributed by atoms with van der Waals surface area (Å²) in [5.74, 6) is 0. The Labute approximate surface area is 126 Å². The fraction of sp³-hybridized carbons (Fsp3) is 0.375. The van der Waals surface area contributed by atoms with Crippen molar-refractivity contribution < 1.29 is 8.63 Å². The molecule has 0 saturated carbocycles. The molecule has 1 atom stereocenters. The van der Waals surface area contributed by atoms with Gasteiger partial charge in [0.2, 0.25) is 5.09 Å². The lowest BCUT2D eigenvalue weighted by Crippen LogP contribution is -2.30. The summed E-state index contributed by atoms with van der Waals surface area (Å²) < 4.78 is 23.4. The summed E-state index contributed by atoms with van der Waals surface area (Å²) in [6.07, 6.45) is 5.22. The van der Waals surface area contributed by atoms with Crippen LogP contribution in [-0.2, 0) is 9.73 Å². The molecular formula is C16H20N2O2S. The van der Waals surface area contributed by atoms with E-state index in [-0.39, 0.29) is 0 Å². The highest BCUT2D eigenvalue weighted by Gasteiger charge is 2.19. The van der Waals surface area contributed by atoms with E-state index >= 15 is 0 Å². The number of nitrogens with zero attached hydrogens (tertiary/aromatic N) is 2. The van der Waals surface area contributed by atoms with Gasteiger partial charge in [-0.25, -0.2) is 8.57 Å². The molecular weight excluding hydrogens is 284 g/mol. The van der Waals surface area contributed by atoms with Crippen LogP contribution in [0.4, 0.5) is 0 Å². The van der Waals surface area contributed by atoms with Crippen LogP contribution in [0.25, 0.3) is 0 Å². The SMILES string of the molecule is O=S(=NCN1CCCCC1)(c1ccccc1)c1ccco1. The molecule has 0 amide bonds. The van der Waals surface area contributed by atoms with Gasteiger partial charge in [-0.05, 0) is 50.2 Å². The molecule has 112 valence electrons. The maximum Gasteiger partial charge on any atom is 0.203 e. The molecule has 4 nitrogen and oxygen atoms in total.